The number of carbonyl (C=O) groups excluding carboxylic acids is 1. The molecular weight excluding hydrogens is 258 g/mol. The molecule has 8 heteroatoms. The van der Waals surface area contributed by atoms with E-state index in [0.717, 1.165) is 18.8 Å². The highest BCUT2D eigenvalue weighted by Gasteiger charge is 2.34. The summed E-state index contributed by atoms with van der Waals surface area (Å²) in [6.07, 6.45) is 2.46. The molecule has 0 radical (unpaired) electrons. The van der Waals surface area contributed by atoms with E-state index in [4.69, 9.17) is 0 Å². The first-order chi connectivity index (χ1) is 9.70. The molecule has 1 saturated heterocycles. The molecule has 0 unspecified atom stereocenters. The summed E-state index contributed by atoms with van der Waals surface area (Å²) in [5.41, 5.74) is 1.39. The van der Waals surface area contributed by atoms with Crippen LogP contribution >= 0.6 is 0 Å². The van der Waals surface area contributed by atoms with Gasteiger partial charge in [0, 0.05) is 26.7 Å². The molecule has 3 heterocycles. The number of nitrogens with one attached hydrogen (secondary N) is 1. The van der Waals surface area contributed by atoms with Crippen LogP contribution in [0.15, 0.2) is 6.33 Å². The molecular formula is C12H17N7O. The molecule has 2 aromatic rings. The number of anilines is 1. The number of aromatic nitrogens is 5. The lowest BCUT2D eigenvalue weighted by Gasteiger charge is -2.38. The van der Waals surface area contributed by atoms with Crippen LogP contribution in [-0.2, 0) is 11.8 Å². The van der Waals surface area contributed by atoms with Crippen molar-refractivity contribution < 1.29 is 4.79 Å². The molecule has 0 bridgehead atoms. The summed E-state index contributed by atoms with van der Waals surface area (Å²) in [7, 11) is 1.79. The van der Waals surface area contributed by atoms with Gasteiger partial charge >= 0.3 is 0 Å². The van der Waals surface area contributed by atoms with Gasteiger partial charge < -0.3 is 10.2 Å². The first-order valence-corrected chi connectivity index (χ1v) is 6.73. The molecule has 0 atom stereocenters. The van der Waals surface area contributed by atoms with Crippen molar-refractivity contribution in [3.05, 3.63) is 6.33 Å². The molecule has 1 fully saturated rings. The summed E-state index contributed by atoms with van der Waals surface area (Å²) in [5.74, 6) is 0.901. The highest BCUT2D eigenvalue weighted by atomic mass is 16.2. The van der Waals surface area contributed by atoms with E-state index in [1.807, 2.05) is 11.8 Å². The summed E-state index contributed by atoms with van der Waals surface area (Å²) < 4.78 is 1.62. The van der Waals surface area contributed by atoms with Crippen molar-refractivity contribution in [1.29, 1.82) is 0 Å². The van der Waals surface area contributed by atoms with E-state index < -0.39 is 0 Å². The zero-order valence-electron chi connectivity index (χ0n) is 11.6. The van der Waals surface area contributed by atoms with Crippen LogP contribution in [0, 0.1) is 5.92 Å². The van der Waals surface area contributed by atoms with Crippen molar-refractivity contribution in [2.45, 2.75) is 13.3 Å². The third kappa shape index (κ3) is 2.06. The number of hydrogen-bond donors (Lipinski definition) is 1. The number of aryl methyl sites for hydroxylation is 1. The van der Waals surface area contributed by atoms with Crippen LogP contribution in [0.2, 0.25) is 0 Å². The molecule has 0 aromatic carbocycles. The summed E-state index contributed by atoms with van der Waals surface area (Å²) in [5, 5.41) is 11.0. The average Bonchev–Trinajstić information content (AvgIpc) is 2.77. The Morgan fingerprint density at radius 1 is 1.45 bits per heavy atom. The molecule has 2 aromatic heterocycles. The number of rotatable bonds is 4. The van der Waals surface area contributed by atoms with E-state index in [1.165, 1.54) is 6.33 Å². The zero-order valence-corrected chi connectivity index (χ0v) is 11.6. The average molecular weight is 275 g/mol. The van der Waals surface area contributed by atoms with E-state index in [1.54, 1.807) is 11.7 Å². The van der Waals surface area contributed by atoms with Gasteiger partial charge in [0.25, 0.3) is 0 Å². The molecule has 1 N–H and O–H groups in total. The van der Waals surface area contributed by atoms with E-state index >= 15 is 0 Å². The van der Waals surface area contributed by atoms with E-state index in [9.17, 15) is 4.79 Å². The molecule has 0 saturated carbocycles. The molecule has 8 nitrogen and oxygen atoms in total. The third-order valence-corrected chi connectivity index (χ3v) is 3.47. The van der Waals surface area contributed by atoms with Gasteiger partial charge in [0.15, 0.2) is 17.0 Å². The van der Waals surface area contributed by atoms with Crippen molar-refractivity contribution in [2.75, 3.05) is 24.5 Å². The minimum atomic E-state index is 0.0308. The molecule has 106 valence electrons. The fraction of sp³-hybridized carbons (Fsp3) is 0.583. The van der Waals surface area contributed by atoms with Crippen molar-refractivity contribution in [2.24, 2.45) is 13.0 Å². The van der Waals surface area contributed by atoms with Gasteiger partial charge in [-0.05, 0) is 6.42 Å². The minimum Gasteiger partial charge on any atom is -0.356 e. The maximum Gasteiger partial charge on any atom is 0.226 e. The topological polar surface area (TPSA) is 88.8 Å². The fourth-order valence-electron chi connectivity index (χ4n) is 2.28. The Kier molecular flexibility index (Phi) is 3.21. The van der Waals surface area contributed by atoms with Gasteiger partial charge in [-0.2, -0.15) is 0 Å². The van der Waals surface area contributed by atoms with Crippen LogP contribution in [-0.4, -0.2) is 50.5 Å². The van der Waals surface area contributed by atoms with Crippen molar-refractivity contribution in [3.63, 3.8) is 0 Å². The number of nitrogens with zero attached hydrogens (tertiary/aromatic N) is 6. The summed E-state index contributed by atoms with van der Waals surface area (Å²) >= 11 is 0. The predicted molar refractivity (Wildman–Crippen MR) is 73.1 cm³/mol. The van der Waals surface area contributed by atoms with Crippen molar-refractivity contribution in [3.8, 4) is 0 Å². The molecule has 3 rings (SSSR count). The van der Waals surface area contributed by atoms with Gasteiger partial charge in [-0.1, -0.05) is 12.1 Å². The van der Waals surface area contributed by atoms with Crippen LogP contribution < -0.4 is 10.2 Å². The van der Waals surface area contributed by atoms with Gasteiger partial charge in [-0.25, -0.2) is 14.6 Å². The summed E-state index contributed by atoms with van der Waals surface area (Å²) in [6, 6.07) is 0. The lowest BCUT2D eigenvalue weighted by Crippen LogP contribution is -2.54. The van der Waals surface area contributed by atoms with E-state index in [2.05, 4.69) is 25.6 Å². The maximum absolute atomic E-state index is 11.8. The second-order valence-electron chi connectivity index (χ2n) is 4.98. The van der Waals surface area contributed by atoms with Crippen LogP contribution in [0.4, 0.5) is 5.82 Å². The lowest BCUT2D eigenvalue weighted by atomic mass is 9.99. The second-order valence-corrected chi connectivity index (χ2v) is 4.98. The summed E-state index contributed by atoms with van der Waals surface area (Å²) in [4.78, 5) is 22.3. The van der Waals surface area contributed by atoms with Gasteiger partial charge in [0.2, 0.25) is 5.91 Å². The smallest absolute Gasteiger partial charge is 0.226 e. The lowest BCUT2D eigenvalue weighted by molar-refractivity contribution is -0.125. The quantitative estimate of drug-likeness (QED) is 0.825. The largest absolute Gasteiger partial charge is 0.356 e. The van der Waals surface area contributed by atoms with Crippen molar-refractivity contribution in [1.82, 2.24) is 30.3 Å². The first kappa shape index (κ1) is 12.8. The van der Waals surface area contributed by atoms with E-state index in [0.29, 0.717) is 24.3 Å². The first-order valence-electron chi connectivity index (χ1n) is 6.73. The molecule has 1 aliphatic heterocycles. The normalized spacial score (nSPS) is 15.4. The number of carbonyl (C=O) groups is 1. The third-order valence-electron chi connectivity index (χ3n) is 3.47. The Labute approximate surface area is 116 Å². The van der Waals surface area contributed by atoms with Gasteiger partial charge in [-0.3, -0.25) is 4.79 Å². The van der Waals surface area contributed by atoms with Crippen molar-refractivity contribution >= 4 is 22.9 Å². The second kappa shape index (κ2) is 5.03. The van der Waals surface area contributed by atoms with Crippen LogP contribution in [0.1, 0.15) is 13.3 Å². The summed E-state index contributed by atoms with van der Waals surface area (Å²) in [6.45, 7) is 4.10. The Morgan fingerprint density at radius 2 is 2.25 bits per heavy atom. The van der Waals surface area contributed by atoms with Gasteiger partial charge in [0.1, 0.15) is 6.33 Å². The number of hydrogen-bond acceptors (Lipinski definition) is 6. The zero-order chi connectivity index (χ0) is 14.1. The molecule has 0 aliphatic carbocycles. The highest BCUT2D eigenvalue weighted by Crippen LogP contribution is 2.27. The maximum atomic E-state index is 11.8. The Balaban J connectivity index is 1.71. The number of amides is 1. The molecule has 20 heavy (non-hydrogen) atoms. The van der Waals surface area contributed by atoms with Crippen LogP contribution in [0.25, 0.3) is 11.2 Å². The van der Waals surface area contributed by atoms with Gasteiger partial charge in [0.05, 0.1) is 5.92 Å². The molecule has 0 spiro atoms. The minimum absolute atomic E-state index is 0.0308. The standard InChI is InChI=1S/C12H17N7O/c1-3-4-13-12(20)8-5-19(6-8)11-9-10(14-7-15-11)18(2)17-16-9/h7-8H,3-6H2,1-2H3,(H,13,20). The van der Waals surface area contributed by atoms with Crippen LogP contribution in [0.5, 0.6) is 0 Å². The number of fused-ring (bicyclic) bond motifs is 1. The predicted octanol–water partition coefficient (Wildman–Crippen LogP) is -0.279. The highest BCUT2D eigenvalue weighted by molar-refractivity contribution is 5.86. The fourth-order valence-corrected chi connectivity index (χ4v) is 2.28. The van der Waals surface area contributed by atoms with Crippen LogP contribution in [0.3, 0.4) is 0 Å². The Bertz CT molecular complexity index is 632. The Hall–Kier alpha value is -2.25. The molecule has 1 amide bonds. The molecule has 1 aliphatic rings. The van der Waals surface area contributed by atoms with E-state index in [-0.39, 0.29) is 11.8 Å². The monoisotopic (exact) mass is 275 g/mol. The van der Waals surface area contributed by atoms with Gasteiger partial charge in [-0.15, -0.1) is 5.10 Å². The SMILES string of the molecule is CCCNC(=O)C1CN(c2ncnc3c2nnn3C)C1. The Morgan fingerprint density at radius 3 is 3.00 bits per heavy atom.